The number of ketones is 1. The first kappa shape index (κ1) is 30.4. The number of benzene rings is 2. The topological polar surface area (TPSA) is 84.7 Å². The van der Waals surface area contributed by atoms with Crippen molar-refractivity contribution in [3.8, 4) is 17.0 Å². The second kappa shape index (κ2) is 14.9. The van der Waals surface area contributed by atoms with E-state index in [-0.39, 0.29) is 30.5 Å². The lowest BCUT2D eigenvalue weighted by atomic mass is 10.1. The first-order chi connectivity index (χ1) is 18.6. The van der Waals surface area contributed by atoms with E-state index in [0.29, 0.717) is 37.5 Å². The molecule has 1 heterocycles. The molecule has 0 spiro atoms. The molecule has 3 aromatic rings. The van der Waals surface area contributed by atoms with Crippen LogP contribution in [0.4, 0.5) is 13.2 Å². The highest BCUT2D eigenvalue weighted by atomic mass is 35.5. The number of Topliss-reactive ketones (excluding diaryl/α,β-unsaturated/α-hetero) is 1. The number of hydrogen-bond donors (Lipinski definition) is 2. The van der Waals surface area contributed by atoms with Crippen LogP contribution >= 0.6 is 22.9 Å². The van der Waals surface area contributed by atoms with Gasteiger partial charge in [0.05, 0.1) is 25.3 Å². The molecule has 210 valence electrons. The molecule has 0 unspecified atom stereocenters. The van der Waals surface area contributed by atoms with Crippen LogP contribution in [0.3, 0.4) is 0 Å². The third kappa shape index (κ3) is 10.5. The number of amides is 1. The summed E-state index contributed by atoms with van der Waals surface area (Å²) in [7, 11) is 0. The number of halogens is 4. The highest BCUT2D eigenvalue weighted by Crippen LogP contribution is 2.27. The van der Waals surface area contributed by atoms with Gasteiger partial charge in [0.25, 0.3) is 0 Å². The van der Waals surface area contributed by atoms with E-state index in [2.05, 4.69) is 15.4 Å². The molecule has 3 rings (SSSR count). The Kier molecular flexibility index (Phi) is 11.6. The molecule has 39 heavy (non-hydrogen) atoms. The van der Waals surface area contributed by atoms with Crippen molar-refractivity contribution in [1.82, 2.24) is 15.2 Å². The zero-order valence-corrected chi connectivity index (χ0v) is 23.0. The number of thiazole rings is 1. The summed E-state index contributed by atoms with van der Waals surface area (Å²) < 4.78 is 43.6. The Hall–Kier alpha value is -3.15. The molecular formula is C27H30ClF3N4O3S. The maximum Gasteiger partial charge on any atom is 0.573 e. The number of rotatable bonds is 14. The van der Waals surface area contributed by atoms with E-state index >= 15 is 0 Å². The van der Waals surface area contributed by atoms with Gasteiger partial charge in [-0.1, -0.05) is 30.7 Å². The Morgan fingerprint density at radius 3 is 2.46 bits per heavy atom. The van der Waals surface area contributed by atoms with Crippen molar-refractivity contribution in [2.45, 2.75) is 45.6 Å². The number of aromatic nitrogens is 1. The van der Waals surface area contributed by atoms with Gasteiger partial charge in [-0.05, 0) is 66.9 Å². The number of nitrogens with one attached hydrogen (secondary N) is 2. The number of hydrogen-bond acceptors (Lipinski definition) is 6. The van der Waals surface area contributed by atoms with Crippen molar-refractivity contribution in [3.05, 3.63) is 69.3 Å². The van der Waals surface area contributed by atoms with Gasteiger partial charge in [0.2, 0.25) is 5.91 Å². The highest BCUT2D eigenvalue weighted by Gasteiger charge is 2.31. The van der Waals surface area contributed by atoms with Crippen LogP contribution in [0.5, 0.6) is 5.75 Å². The average molecular weight is 583 g/mol. The van der Waals surface area contributed by atoms with Crippen molar-refractivity contribution >= 4 is 34.6 Å². The molecule has 0 fully saturated rings. The molecule has 0 saturated carbocycles. The molecule has 0 saturated heterocycles. The average Bonchev–Trinajstić information content (AvgIpc) is 3.29. The van der Waals surface area contributed by atoms with Crippen molar-refractivity contribution in [2.24, 2.45) is 4.99 Å². The zero-order chi connectivity index (χ0) is 28.3. The Morgan fingerprint density at radius 2 is 1.79 bits per heavy atom. The number of carbonyl (C=O) groups is 2. The molecule has 0 aliphatic heterocycles. The molecule has 7 nitrogen and oxygen atoms in total. The number of alkyl halides is 3. The van der Waals surface area contributed by atoms with Gasteiger partial charge in [0.1, 0.15) is 5.75 Å². The molecule has 12 heteroatoms. The molecule has 1 aromatic heterocycles. The summed E-state index contributed by atoms with van der Waals surface area (Å²) in [5.74, 6) is -0.539. The molecular weight excluding hydrogens is 553 g/mol. The fourth-order valence-corrected chi connectivity index (χ4v) is 4.73. The van der Waals surface area contributed by atoms with Crippen LogP contribution in [0.15, 0.2) is 58.9 Å². The molecule has 1 amide bonds. The van der Waals surface area contributed by atoms with E-state index in [0.717, 1.165) is 28.0 Å². The largest absolute Gasteiger partial charge is 0.573 e. The van der Waals surface area contributed by atoms with Gasteiger partial charge in [-0.3, -0.25) is 14.6 Å². The second-order valence-corrected chi connectivity index (χ2v) is 9.94. The predicted octanol–water partition coefficient (Wildman–Crippen LogP) is 5.33. The lowest BCUT2D eigenvalue weighted by Crippen LogP contribution is -2.37. The van der Waals surface area contributed by atoms with Gasteiger partial charge in [0, 0.05) is 23.4 Å². The fraction of sp³-hybridized carbons (Fsp3) is 0.370. The number of ether oxygens (including phenoxy) is 1. The third-order valence-corrected chi connectivity index (χ3v) is 6.68. The standard InChI is InChI=1S/C27H30ClF3N4O3S/c1-2-4-22(36)16-33-25(37)17-32-13-3-14-35-24(20-7-11-23(12-8-20)38-27(29,30)31)18-39-26(35)34-15-19-5-9-21(28)10-6-19/h5-12,18,32H,2-4,13-17H2,1H3,(H,33,37). The third-order valence-electron chi connectivity index (χ3n) is 5.52. The Balaban J connectivity index is 1.68. The first-order valence-electron chi connectivity index (χ1n) is 12.4. The van der Waals surface area contributed by atoms with E-state index in [1.807, 2.05) is 29.0 Å². The van der Waals surface area contributed by atoms with Crippen molar-refractivity contribution in [1.29, 1.82) is 0 Å². The maximum absolute atomic E-state index is 12.6. The normalized spacial score (nSPS) is 12.0. The number of carbonyl (C=O) groups excluding carboxylic acids is 2. The SMILES string of the molecule is CCCC(=O)CNC(=O)CNCCCn1c(-c2ccc(OC(F)(F)F)cc2)csc1=NCc1ccc(Cl)cc1. The smallest absolute Gasteiger partial charge is 0.406 e. The van der Waals surface area contributed by atoms with Gasteiger partial charge in [-0.2, -0.15) is 0 Å². The van der Waals surface area contributed by atoms with E-state index in [1.54, 1.807) is 24.3 Å². The van der Waals surface area contributed by atoms with Crippen LogP contribution in [0, 0.1) is 0 Å². The summed E-state index contributed by atoms with van der Waals surface area (Å²) in [6, 6.07) is 13.1. The Labute approximate surface area is 233 Å². The predicted molar refractivity (Wildman–Crippen MR) is 146 cm³/mol. The van der Waals surface area contributed by atoms with E-state index < -0.39 is 6.36 Å². The minimum atomic E-state index is -4.76. The van der Waals surface area contributed by atoms with E-state index in [4.69, 9.17) is 16.6 Å². The van der Waals surface area contributed by atoms with Crippen LogP contribution in [-0.2, 0) is 22.7 Å². The fourth-order valence-electron chi connectivity index (χ4n) is 3.67. The summed E-state index contributed by atoms with van der Waals surface area (Å²) in [5.41, 5.74) is 2.51. The molecule has 0 atom stereocenters. The first-order valence-corrected chi connectivity index (χ1v) is 13.7. The van der Waals surface area contributed by atoms with Crippen LogP contribution in [0.25, 0.3) is 11.3 Å². The quantitative estimate of drug-likeness (QED) is 0.252. The second-order valence-electron chi connectivity index (χ2n) is 8.67. The molecule has 0 radical (unpaired) electrons. The van der Waals surface area contributed by atoms with Crippen molar-refractivity contribution in [3.63, 3.8) is 0 Å². The molecule has 2 aromatic carbocycles. The molecule has 0 aliphatic carbocycles. The minimum absolute atomic E-state index is 0.000109. The van der Waals surface area contributed by atoms with E-state index in [9.17, 15) is 22.8 Å². The molecule has 0 bridgehead atoms. The Bertz CT molecular complexity index is 1290. The van der Waals surface area contributed by atoms with Crippen LogP contribution in [0.2, 0.25) is 5.02 Å². The lowest BCUT2D eigenvalue weighted by molar-refractivity contribution is -0.274. The minimum Gasteiger partial charge on any atom is -0.406 e. The molecule has 2 N–H and O–H groups in total. The summed E-state index contributed by atoms with van der Waals surface area (Å²) >= 11 is 7.40. The van der Waals surface area contributed by atoms with Gasteiger partial charge in [-0.15, -0.1) is 24.5 Å². The van der Waals surface area contributed by atoms with Crippen LogP contribution in [-0.4, -0.2) is 42.3 Å². The summed E-state index contributed by atoms with van der Waals surface area (Å²) in [6.45, 7) is 3.57. The number of nitrogens with zero attached hydrogens (tertiary/aromatic N) is 2. The zero-order valence-electron chi connectivity index (χ0n) is 21.4. The summed E-state index contributed by atoms with van der Waals surface area (Å²) in [4.78, 5) is 29.0. The summed E-state index contributed by atoms with van der Waals surface area (Å²) in [5, 5.41) is 8.23. The van der Waals surface area contributed by atoms with Crippen molar-refractivity contribution < 1.29 is 27.5 Å². The molecule has 0 aliphatic rings. The van der Waals surface area contributed by atoms with Gasteiger partial charge in [0.15, 0.2) is 10.6 Å². The van der Waals surface area contributed by atoms with Gasteiger partial charge >= 0.3 is 6.36 Å². The van der Waals surface area contributed by atoms with Gasteiger partial charge in [-0.25, -0.2) is 0 Å². The van der Waals surface area contributed by atoms with Crippen LogP contribution < -0.4 is 20.2 Å². The Morgan fingerprint density at radius 1 is 1.08 bits per heavy atom. The highest BCUT2D eigenvalue weighted by molar-refractivity contribution is 7.07. The van der Waals surface area contributed by atoms with Gasteiger partial charge < -0.3 is 19.9 Å². The monoisotopic (exact) mass is 582 g/mol. The summed E-state index contributed by atoms with van der Waals surface area (Å²) in [6.07, 6.45) is -2.91. The van der Waals surface area contributed by atoms with Crippen molar-refractivity contribution in [2.75, 3.05) is 19.6 Å². The maximum atomic E-state index is 12.6. The van der Waals surface area contributed by atoms with E-state index in [1.165, 1.54) is 23.5 Å². The van der Waals surface area contributed by atoms with Crippen LogP contribution in [0.1, 0.15) is 31.7 Å². The lowest BCUT2D eigenvalue weighted by Gasteiger charge is -2.12.